The number of anilines is 1. The molecule has 1 N–H and O–H groups in total. The van der Waals surface area contributed by atoms with Crippen LogP contribution in [-0.2, 0) is 23.0 Å². The summed E-state index contributed by atoms with van der Waals surface area (Å²) in [5, 5.41) is 3.28. The van der Waals surface area contributed by atoms with Crippen LogP contribution in [0.1, 0.15) is 28.8 Å². The Kier molecular flexibility index (Phi) is 5.20. The Labute approximate surface area is 130 Å². The van der Waals surface area contributed by atoms with Crippen molar-refractivity contribution in [1.82, 2.24) is 0 Å². The molecule has 1 aromatic carbocycles. The largest absolute Gasteiger partial charge is 0.456 e. The fraction of sp³-hybridized carbons (Fsp3) is 0.267. The number of benzene rings is 1. The Morgan fingerprint density at radius 1 is 1.33 bits per heavy atom. The molecule has 0 aliphatic rings. The third-order valence-corrected chi connectivity index (χ3v) is 3.98. The lowest BCUT2D eigenvalue weighted by Crippen LogP contribution is -2.11. The first-order chi connectivity index (χ1) is 9.99. The molecular weight excluding hydrogens is 310 g/mol. The van der Waals surface area contributed by atoms with Gasteiger partial charge in [-0.25, -0.2) is 0 Å². The molecule has 1 aromatic heterocycles. The van der Waals surface area contributed by atoms with E-state index >= 15 is 0 Å². The fourth-order valence-corrected chi connectivity index (χ4v) is 2.81. The van der Waals surface area contributed by atoms with Crippen molar-refractivity contribution in [2.45, 2.75) is 19.1 Å². The van der Waals surface area contributed by atoms with E-state index in [-0.39, 0.29) is 11.7 Å². The highest BCUT2D eigenvalue weighted by molar-refractivity contribution is 7.83. The molecule has 6 heteroatoms. The van der Waals surface area contributed by atoms with Gasteiger partial charge in [0.15, 0.2) is 5.76 Å². The first-order valence-corrected chi connectivity index (χ1v) is 8.58. The van der Waals surface area contributed by atoms with Gasteiger partial charge in [-0.3, -0.25) is 9.00 Å². The second kappa shape index (κ2) is 6.91. The Balaban J connectivity index is 2.15. The summed E-state index contributed by atoms with van der Waals surface area (Å²) < 4.78 is 16.7. The summed E-state index contributed by atoms with van der Waals surface area (Å²) in [6.07, 6.45) is 2.34. The van der Waals surface area contributed by atoms with E-state index in [4.69, 9.17) is 16.0 Å². The smallest absolute Gasteiger partial charge is 0.291 e. The van der Waals surface area contributed by atoms with Crippen molar-refractivity contribution in [1.29, 1.82) is 0 Å². The average molecular weight is 326 g/mol. The van der Waals surface area contributed by atoms with E-state index in [1.807, 2.05) is 6.92 Å². The molecule has 1 heterocycles. The number of aryl methyl sites for hydroxylation is 1. The van der Waals surface area contributed by atoms with Gasteiger partial charge in [0, 0.05) is 39.9 Å². The van der Waals surface area contributed by atoms with Crippen molar-refractivity contribution in [3.05, 3.63) is 52.4 Å². The van der Waals surface area contributed by atoms with E-state index in [0.29, 0.717) is 16.5 Å². The summed E-state index contributed by atoms with van der Waals surface area (Å²) in [5.74, 6) is 1.06. The molecule has 112 valence electrons. The number of rotatable bonds is 5. The summed E-state index contributed by atoms with van der Waals surface area (Å²) in [6, 6.07) is 8.53. The SMILES string of the molecule is CCc1ccc(C(=O)Nc2ccc(Cl)c(CS(C)=O)c2)o1. The molecule has 0 aliphatic carbocycles. The molecule has 0 fully saturated rings. The van der Waals surface area contributed by atoms with Gasteiger partial charge in [-0.1, -0.05) is 18.5 Å². The Morgan fingerprint density at radius 3 is 2.71 bits per heavy atom. The summed E-state index contributed by atoms with van der Waals surface area (Å²) in [5.41, 5.74) is 1.34. The number of halogens is 1. The van der Waals surface area contributed by atoms with Crippen LogP contribution < -0.4 is 5.32 Å². The standard InChI is InChI=1S/C15H16ClNO3S/c1-3-12-5-7-14(20-12)15(18)17-11-4-6-13(16)10(8-11)9-21(2)19/h4-8H,3,9H2,1-2H3,(H,17,18). The zero-order valence-electron chi connectivity index (χ0n) is 11.8. The maximum atomic E-state index is 12.1. The van der Waals surface area contributed by atoms with Gasteiger partial charge in [-0.05, 0) is 35.9 Å². The molecule has 1 amide bonds. The molecule has 2 rings (SSSR count). The second-order valence-electron chi connectivity index (χ2n) is 4.60. The van der Waals surface area contributed by atoms with E-state index in [1.54, 1.807) is 36.6 Å². The number of furan rings is 1. The highest BCUT2D eigenvalue weighted by Crippen LogP contribution is 2.22. The van der Waals surface area contributed by atoms with Crippen LogP contribution in [0.4, 0.5) is 5.69 Å². The lowest BCUT2D eigenvalue weighted by molar-refractivity contribution is 0.0995. The predicted octanol–water partition coefficient (Wildman–Crippen LogP) is 3.63. The zero-order chi connectivity index (χ0) is 15.4. The van der Waals surface area contributed by atoms with E-state index < -0.39 is 10.8 Å². The first kappa shape index (κ1) is 15.8. The van der Waals surface area contributed by atoms with Crippen LogP contribution in [0.5, 0.6) is 0 Å². The summed E-state index contributed by atoms with van der Waals surface area (Å²) in [7, 11) is -0.997. The summed E-state index contributed by atoms with van der Waals surface area (Å²) in [4.78, 5) is 12.1. The van der Waals surface area contributed by atoms with Crippen molar-refractivity contribution in [2.24, 2.45) is 0 Å². The molecule has 0 saturated heterocycles. The van der Waals surface area contributed by atoms with Crippen molar-refractivity contribution in [3.8, 4) is 0 Å². The van der Waals surface area contributed by atoms with Gasteiger partial charge < -0.3 is 9.73 Å². The summed E-state index contributed by atoms with van der Waals surface area (Å²) >= 11 is 6.05. The highest BCUT2D eigenvalue weighted by atomic mass is 35.5. The van der Waals surface area contributed by atoms with Crippen LogP contribution in [0.25, 0.3) is 0 Å². The number of nitrogens with one attached hydrogen (secondary N) is 1. The van der Waals surface area contributed by atoms with E-state index in [9.17, 15) is 9.00 Å². The number of amides is 1. The molecule has 0 bridgehead atoms. The Bertz CT molecular complexity index is 681. The van der Waals surface area contributed by atoms with Crippen LogP contribution in [0.2, 0.25) is 5.02 Å². The summed E-state index contributed by atoms with van der Waals surface area (Å²) in [6.45, 7) is 1.96. The number of hydrogen-bond acceptors (Lipinski definition) is 3. The van der Waals surface area contributed by atoms with Crippen molar-refractivity contribution < 1.29 is 13.4 Å². The maximum Gasteiger partial charge on any atom is 0.291 e. The molecule has 4 nitrogen and oxygen atoms in total. The van der Waals surface area contributed by atoms with E-state index in [1.165, 1.54) is 0 Å². The number of carbonyl (C=O) groups excluding carboxylic acids is 1. The van der Waals surface area contributed by atoms with E-state index in [0.717, 1.165) is 17.7 Å². The number of carbonyl (C=O) groups is 1. The lowest BCUT2D eigenvalue weighted by atomic mass is 10.2. The normalized spacial score (nSPS) is 12.1. The van der Waals surface area contributed by atoms with Crippen LogP contribution >= 0.6 is 11.6 Å². The molecule has 0 radical (unpaired) electrons. The molecule has 2 aromatic rings. The quantitative estimate of drug-likeness (QED) is 0.913. The Morgan fingerprint density at radius 2 is 2.10 bits per heavy atom. The van der Waals surface area contributed by atoms with Gasteiger partial charge >= 0.3 is 0 Å². The predicted molar refractivity (Wildman–Crippen MR) is 85.3 cm³/mol. The lowest BCUT2D eigenvalue weighted by Gasteiger charge is -2.07. The molecule has 0 aliphatic heterocycles. The molecular formula is C15H16ClNO3S. The zero-order valence-corrected chi connectivity index (χ0v) is 13.4. The second-order valence-corrected chi connectivity index (χ2v) is 6.44. The topological polar surface area (TPSA) is 59.3 Å². The van der Waals surface area contributed by atoms with Crippen LogP contribution in [0.15, 0.2) is 34.7 Å². The van der Waals surface area contributed by atoms with Gasteiger partial charge in [-0.2, -0.15) is 0 Å². The minimum Gasteiger partial charge on any atom is -0.456 e. The van der Waals surface area contributed by atoms with Gasteiger partial charge in [0.2, 0.25) is 0 Å². The molecule has 1 atom stereocenters. The fourth-order valence-electron chi connectivity index (χ4n) is 1.86. The molecule has 0 spiro atoms. The molecule has 21 heavy (non-hydrogen) atoms. The third-order valence-electron chi connectivity index (χ3n) is 2.90. The maximum absolute atomic E-state index is 12.1. The van der Waals surface area contributed by atoms with E-state index in [2.05, 4.69) is 5.32 Å². The van der Waals surface area contributed by atoms with Gasteiger partial charge in [0.05, 0.1) is 0 Å². The highest BCUT2D eigenvalue weighted by Gasteiger charge is 2.12. The van der Waals surface area contributed by atoms with Gasteiger partial charge in [0.1, 0.15) is 5.76 Å². The van der Waals surface area contributed by atoms with Gasteiger partial charge in [0.25, 0.3) is 5.91 Å². The first-order valence-electron chi connectivity index (χ1n) is 6.48. The Hall–Kier alpha value is -1.59. The van der Waals surface area contributed by atoms with Crippen LogP contribution in [-0.4, -0.2) is 16.4 Å². The minimum absolute atomic E-state index is 0.266. The third kappa shape index (κ3) is 4.19. The van der Waals surface area contributed by atoms with Crippen LogP contribution in [0, 0.1) is 0 Å². The monoisotopic (exact) mass is 325 g/mol. The van der Waals surface area contributed by atoms with Crippen LogP contribution in [0.3, 0.4) is 0 Å². The molecule has 1 unspecified atom stereocenters. The van der Waals surface area contributed by atoms with Crippen molar-refractivity contribution in [3.63, 3.8) is 0 Å². The minimum atomic E-state index is -0.997. The molecule has 0 saturated carbocycles. The van der Waals surface area contributed by atoms with Crippen molar-refractivity contribution in [2.75, 3.05) is 11.6 Å². The average Bonchev–Trinajstić information content (AvgIpc) is 2.91. The van der Waals surface area contributed by atoms with Crippen molar-refractivity contribution >= 4 is 34.0 Å². The number of hydrogen-bond donors (Lipinski definition) is 1. The van der Waals surface area contributed by atoms with Gasteiger partial charge in [-0.15, -0.1) is 0 Å².